The quantitative estimate of drug-likeness (QED) is 0.804. The molecule has 0 saturated carbocycles. The van der Waals surface area contributed by atoms with E-state index in [1.54, 1.807) is 0 Å². The summed E-state index contributed by atoms with van der Waals surface area (Å²) in [6.45, 7) is 4.57. The van der Waals surface area contributed by atoms with Crippen LogP contribution < -0.4 is 11.1 Å². The molecule has 0 aliphatic rings. The summed E-state index contributed by atoms with van der Waals surface area (Å²) in [5.74, 6) is 0.0131. The van der Waals surface area contributed by atoms with Gasteiger partial charge in [-0.05, 0) is 29.9 Å². The van der Waals surface area contributed by atoms with Crippen molar-refractivity contribution in [1.29, 1.82) is 0 Å². The van der Waals surface area contributed by atoms with Gasteiger partial charge in [-0.15, -0.1) is 11.3 Å². The van der Waals surface area contributed by atoms with Gasteiger partial charge in [-0.3, -0.25) is 4.79 Å². The fourth-order valence-corrected chi connectivity index (χ4v) is 2.29. The third-order valence-corrected chi connectivity index (χ3v) is 3.40. The van der Waals surface area contributed by atoms with E-state index in [1.165, 1.54) is 11.3 Å². The summed E-state index contributed by atoms with van der Waals surface area (Å²) in [5, 5.41) is 4.90. The topological polar surface area (TPSA) is 55.1 Å². The molecule has 0 aliphatic carbocycles. The number of carbonyl (C=O) groups excluding carboxylic acids is 1. The molecule has 3 N–H and O–H groups in total. The summed E-state index contributed by atoms with van der Waals surface area (Å²) in [6.07, 6.45) is 1.76. The zero-order chi connectivity index (χ0) is 11.3. The van der Waals surface area contributed by atoms with Crippen molar-refractivity contribution in [3.63, 3.8) is 0 Å². The Balaban J connectivity index is 2.68. The van der Waals surface area contributed by atoms with E-state index in [-0.39, 0.29) is 11.9 Å². The zero-order valence-corrected chi connectivity index (χ0v) is 10.1. The van der Waals surface area contributed by atoms with Gasteiger partial charge in [0.2, 0.25) is 0 Å². The van der Waals surface area contributed by atoms with Crippen molar-refractivity contribution < 1.29 is 4.79 Å². The molecular formula is C11H18N2OS. The van der Waals surface area contributed by atoms with E-state index in [0.717, 1.165) is 23.3 Å². The average molecular weight is 226 g/mol. The van der Waals surface area contributed by atoms with E-state index < -0.39 is 0 Å². The van der Waals surface area contributed by atoms with Gasteiger partial charge in [0.25, 0.3) is 5.91 Å². The van der Waals surface area contributed by atoms with Gasteiger partial charge in [0.05, 0.1) is 4.88 Å². The summed E-state index contributed by atoms with van der Waals surface area (Å²) in [5.41, 5.74) is 6.66. The molecule has 1 rings (SSSR count). The Bertz CT molecular complexity index is 318. The summed E-state index contributed by atoms with van der Waals surface area (Å²) in [7, 11) is 0. The Kier molecular flexibility index (Phi) is 4.78. The normalized spacial score (nSPS) is 12.5. The maximum absolute atomic E-state index is 11.9. The number of nitrogens with one attached hydrogen (secondary N) is 1. The zero-order valence-electron chi connectivity index (χ0n) is 9.25. The molecule has 1 aromatic rings. The van der Waals surface area contributed by atoms with E-state index in [9.17, 15) is 4.79 Å². The molecule has 1 unspecified atom stereocenters. The third kappa shape index (κ3) is 3.04. The second-order valence-corrected chi connectivity index (χ2v) is 4.36. The minimum Gasteiger partial charge on any atom is -0.347 e. The van der Waals surface area contributed by atoms with Gasteiger partial charge in [-0.2, -0.15) is 0 Å². The van der Waals surface area contributed by atoms with Crippen molar-refractivity contribution in [2.45, 2.75) is 32.7 Å². The largest absolute Gasteiger partial charge is 0.347 e. The molecule has 0 bridgehead atoms. The van der Waals surface area contributed by atoms with Crippen LogP contribution in [0.5, 0.6) is 0 Å². The fourth-order valence-electron chi connectivity index (χ4n) is 1.39. The Morgan fingerprint density at radius 2 is 2.33 bits per heavy atom. The number of rotatable bonds is 5. The molecule has 0 fully saturated rings. The summed E-state index contributed by atoms with van der Waals surface area (Å²) >= 11 is 1.49. The van der Waals surface area contributed by atoms with E-state index >= 15 is 0 Å². The molecule has 1 heterocycles. The predicted octanol–water partition coefficient (Wildman–Crippen LogP) is 1.78. The van der Waals surface area contributed by atoms with Gasteiger partial charge in [-0.25, -0.2) is 0 Å². The summed E-state index contributed by atoms with van der Waals surface area (Å²) in [4.78, 5) is 12.7. The first-order valence-electron chi connectivity index (χ1n) is 5.30. The number of aryl methyl sites for hydroxylation is 1. The van der Waals surface area contributed by atoms with Crippen molar-refractivity contribution >= 4 is 17.2 Å². The molecular weight excluding hydrogens is 208 g/mol. The first-order valence-corrected chi connectivity index (χ1v) is 6.18. The molecule has 1 amide bonds. The van der Waals surface area contributed by atoms with Crippen LogP contribution in [0.1, 0.15) is 35.5 Å². The molecule has 0 aliphatic heterocycles. The molecule has 1 atom stereocenters. The lowest BCUT2D eigenvalue weighted by molar-refractivity contribution is 0.0940. The Hall–Kier alpha value is -0.870. The monoisotopic (exact) mass is 226 g/mol. The maximum Gasteiger partial charge on any atom is 0.261 e. The number of amides is 1. The van der Waals surface area contributed by atoms with Crippen LogP contribution in [0.4, 0.5) is 0 Å². The van der Waals surface area contributed by atoms with Crippen molar-refractivity contribution in [3.8, 4) is 0 Å². The van der Waals surface area contributed by atoms with Crippen LogP contribution in [0, 0.1) is 0 Å². The molecule has 0 spiro atoms. The van der Waals surface area contributed by atoms with Crippen LogP contribution in [0.25, 0.3) is 0 Å². The molecule has 84 valence electrons. The minimum absolute atomic E-state index is 0.0131. The highest BCUT2D eigenvalue weighted by atomic mass is 32.1. The van der Waals surface area contributed by atoms with E-state index in [0.29, 0.717) is 6.54 Å². The lowest BCUT2D eigenvalue weighted by Crippen LogP contribution is -2.39. The molecule has 3 nitrogen and oxygen atoms in total. The number of thiophene rings is 1. The first-order chi connectivity index (χ1) is 7.22. The summed E-state index contributed by atoms with van der Waals surface area (Å²) < 4.78 is 0. The highest BCUT2D eigenvalue weighted by Crippen LogP contribution is 2.17. The van der Waals surface area contributed by atoms with Crippen LogP contribution in [-0.4, -0.2) is 18.5 Å². The smallest absolute Gasteiger partial charge is 0.261 e. The van der Waals surface area contributed by atoms with Crippen molar-refractivity contribution in [3.05, 3.63) is 21.9 Å². The van der Waals surface area contributed by atoms with E-state index in [1.807, 2.05) is 18.4 Å². The lowest BCUT2D eigenvalue weighted by atomic mass is 10.2. The SMILES string of the molecule is CCc1ccsc1C(=O)NC(CC)CN. The van der Waals surface area contributed by atoms with Gasteiger partial charge in [0, 0.05) is 12.6 Å². The Labute approximate surface area is 94.7 Å². The lowest BCUT2D eigenvalue weighted by Gasteiger charge is -2.14. The van der Waals surface area contributed by atoms with Gasteiger partial charge < -0.3 is 11.1 Å². The van der Waals surface area contributed by atoms with Crippen molar-refractivity contribution in [1.82, 2.24) is 5.32 Å². The number of nitrogens with two attached hydrogens (primary N) is 1. The maximum atomic E-state index is 11.9. The highest BCUT2D eigenvalue weighted by molar-refractivity contribution is 7.12. The minimum atomic E-state index is 0.0131. The Morgan fingerprint density at radius 3 is 2.87 bits per heavy atom. The van der Waals surface area contributed by atoms with Gasteiger partial charge in [0.1, 0.15) is 0 Å². The first kappa shape index (κ1) is 12.2. The van der Waals surface area contributed by atoms with E-state index in [4.69, 9.17) is 5.73 Å². The average Bonchev–Trinajstić information content (AvgIpc) is 2.73. The molecule has 4 heteroatoms. The second-order valence-electron chi connectivity index (χ2n) is 3.44. The standard InChI is InChI=1S/C11H18N2OS/c1-3-8-5-6-15-10(8)11(14)13-9(4-2)7-12/h5-6,9H,3-4,7,12H2,1-2H3,(H,13,14). The van der Waals surface area contributed by atoms with Crippen LogP contribution in [0.15, 0.2) is 11.4 Å². The summed E-state index contributed by atoms with van der Waals surface area (Å²) in [6, 6.07) is 2.09. The second kappa shape index (κ2) is 5.88. The highest BCUT2D eigenvalue weighted by Gasteiger charge is 2.14. The van der Waals surface area contributed by atoms with Crippen molar-refractivity contribution in [2.24, 2.45) is 5.73 Å². The molecule has 0 radical (unpaired) electrons. The predicted molar refractivity (Wildman–Crippen MR) is 64.3 cm³/mol. The number of carbonyl (C=O) groups is 1. The third-order valence-electron chi connectivity index (χ3n) is 2.45. The number of hydrogen-bond donors (Lipinski definition) is 2. The molecule has 0 saturated heterocycles. The van der Waals surface area contributed by atoms with Crippen LogP contribution in [0.2, 0.25) is 0 Å². The molecule has 0 aromatic carbocycles. The van der Waals surface area contributed by atoms with Crippen LogP contribution >= 0.6 is 11.3 Å². The fraction of sp³-hybridized carbons (Fsp3) is 0.545. The molecule has 15 heavy (non-hydrogen) atoms. The Morgan fingerprint density at radius 1 is 1.60 bits per heavy atom. The number of hydrogen-bond acceptors (Lipinski definition) is 3. The van der Waals surface area contributed by atoms with Gasteiger partial charge in [-0.1, -0.05) is 13.8 Å². The van der Waals surface area contributed by atoms with Crippen molar-refractivity contribution in [2.75, 3.05) is 6.54 Å². The van der Waals surface area contributed by atoms with Crippen LogP contribution in [0.3, 0.4) is 0 Å². The van der Waals surface area contributed by atoms with Crippen LogP contribution in [-0.2, 0) is 6.42 Å². The van der Waals surface area contributed by atoms with E-state index in [2.05, 4.69) is 12.2 Å². The molecule has 1 aromatic heterocycles. The van der Waals surface area contributed by atoms with Gasteiger partial charge >= 0.3 is 0 Å². The van der Waals surface area contributed by atoms with Gasteiger partial charge in [0.15, 0.2) is 0 Å².